The largest absolute Gasteiger partial charge is 0.342 e. The second-order valence-electron chi connectivity index (χ2n) is 7.93. The van der Waals surface area contributed by atoms with Crippen LogP contribution in [-0.2, 0) is 9.59 Å². The van der Waals surface area contributed by atoms with Crippen molar-refractivity contribution in [2.45, 2.75) is 46.0 Å². The van der Waals surface area contributed by atoms with Gasteiger partial charge in [-0.25, -0.2) is 0 Å². The molecule has 0 bridgehead atoms. The maximum Gasteiger partial charge on any atom is 0.228 e. The van der Waals surface area contributed by atoms with Crippen LogP contribution >= 0.6 is 11.3 Å². The Morgan fingerprint density at radius 1 is 1.11 bits per heavy atom. The molecule has 3 heterocycles. The highest BCUT2D eigenvalue weighted by Gasteiger charge is 2.38. The molecule has 4 rings (SSSR count). The minimum absolute atomic E-state index is 0.0424. The van der Waals surface area contributed by atoms with Gasteiger partial charge >= 0.3 is 0 Å². The summed E-state index contributed by atoms with van der Waals surface area (Å²) in [4.78, 5) is 29.3. The maximum atomic E-state index is 13.0. The summed E-state index contributed by atoms with van der Waals surface area (Å²) in [6.07, 6.45) is 2.14. The fourth-order valence-corrected chi connectivity index (χ4v) is 4.97. The zero-order chi connectivity index (χ0) is 19.8. The molecule has 2 fully saturated rings. The lowest BCUT2D eigenvalue weighted by Gasteiger charge is -2.32. The SMILES string of the molecule is Cc1nnc(C2CCN(C(=O)[C@@H]3CC(=O)N(c4ccc(C)c(C)c4)C3)CC2)s1. The average Bonchev–Trinajstić information content (AvgIpc) is 3.29. The zero-order valence-electron chi connectivity index (χ0n) is 16.6. The van der Waals surface area contributed by atoms with Gasteiger partial charge < -0.3 is 9.80 Å². The van der Waals surface area contributed by atoms with Crippen molar-refractivity contribution in [1.82, 2.24) is 15.1 Å². The van der Waals surface area contributed by atoms with E-state index in [0.29, 0.717) is 18.9 Å². The molecule has 0 spiro atoms. The van der Waals surface area contributed by atoms with Crippen LogP contribution in [0.3, 0.4) is 0 Å². The molecule has 2 amide bonds. The van der Waals surface area contributed by atoms with Crippen LogP contribution in [0.1, 0.15) is 46.3 Å². The first-order chi connectivity index (χ1) is 13.4. The van der Waals surface area contributed by atoms with E-state index in [4.69, 9.17) is 0 Å². The molecule has 1 aromatic carbocycles. The second-order valence-corrected chi connectivity index (χ2v) is 9.15. The molecule has 0 unspecified atom stereocenters. The molecular weight excluding hydrogens is 372 g/mol. The molecule has 0 radical (unpaired) electrons. The van der Waals surface area contributed by atoms with Crippen molar-refractivity contribution in [2.75, 3.05) is 24.5 Å². The van der Waals surface area contributed by atoms with Crippen molar-refractivity contribution < 1.29 is 9.59 Å². The Labute approximate surface area is 169 Å². The summed E-state index contributed by atoms with van der Waals surface area (Å²) < 4.78 is 0. The lowest BCUT2D eigenvalue weighted by Crippen LogP contribution is -2.42. The molecule has 1 atom stereocenters. The molecule has 28 heavy (non-hydrogen) atoms. The monoisotopic (exact) mass is 398 g/mol. The number of piperidine rings is 1. The van der Waals surface area contributed by atoms with Gasteiger partial charge in [0.1, 0.15) is 10.0 Å². The second kappa shape index (κ2) is 7.62. The number of carbonyl (C=O) groups is 2. The van der Waals surface area contributed by atoms with E-state index in [0.717, 1.165) is 47.2 Å². The molecule has 2 aliphatic rings. The van der Waals surface area contributed by atoms with Crippen molar-refractivity contribution in [3.63, 3.8) is 0 Å². The molecule has 0 N–H and O–H groups in total. The number of aromatic nitrogens is 2. The first kappa shape index (κ1) is 19.1. The van der Waals surface area contributed by atoms with Gasteiger partial charge in [0.15, 0.2) is 0 Å². The third kappa shape index (κ3) is 3.68. The normalized spacial score (nSPS) is 20.8. The summed E-state index contributed by atoms with van der Waals surface area (Å²) in [6.45, 7) is 8.02. The van der Waals surface area contributed by atoms with Crippen molar-refractivity contribution in [3.8, 4) is 0 Å². The van der Waals surface area contributed by atoms with E-state index in [1.807, 2.05) is 36.9 Å². The number of rotatable bonds is 3. The Balaban J connectivity index is 1.38. The summed E-state index contributed by atoms with van der Waals surface area (Å²) in [6, 6.07) is 6.05. The fourth-order valence-electron chi connectivity index (χ4n) is 4.10. The van der Waals surface area contributed by atoms with Gasteiger partial charge in [-0.05, 0) is 56.9 Å². The van der Waals surface area contributed by atoms with Gasteiger partial charge in [-0.2, -0.15) is 0 Å². The van der Waals surface area contributed by atoms with Crippen LogP contribution in [0.5, 0.6) is 0 Å². The molecule has 1 aromatic heterocycles. The topological polar surface area (TPSA) is 66.4 Å². The quantitative estimate of drug-likeness (QED) is 0.796. The van der Waals surface area contributed by atoms with Gasteiger partial charge in [0.25, 0.3) is 0 Å². The highest BCUT2D eigenvalue weighted by atomic mass is 32.1. The van der Waals surface area contributed by atoms with Crippen LogP contribution in [0.4, 0.5) is 5.69 Å². The van der Waals surface area contributed by atoms with Gasteiger partial charge in [-0.3, -0.25) is 9.59 Å². The molecular formula is C21H26N4O2S. The lowest BCUT2D eigenvalue weighted by atomic mass is 9.96. The molecule has 148 valence electrons. The number of carbonyl (C=O) groups excluding carboxylic acids is 2. The molecule has 2 aliphatic heterocycles. The number of anilines is 1. The third-order valence-electron chi connectivity index (χ3n) is 5.97. The number of hydrogen-bond donors (Lipinski definition) is 0. The van der Waals surface area contributed by atoms with Crippen molar-refractivity contribution >= 4 is 28.8 Å². The predicted octanol–water partition coefficient (Wildman–Crippen LogP) is 3.22. The first-order valence-corrected chi connectivity index (χ1v) is 10.7. The highest BCUT2D eigenvalue weighted by molar-refractivity contribution is 7.11. The van der Waals surface area contributed by atoms with E-state index in [9.17, 15) is 9.59 Å². The van der Waals surface area contributed by atoms with E-state index in [1.165, 1.54) is 5.56 Å². The van der Waals surface area contributed by atoms with Gasteiger partial charge in [0.2, 0.25) is 11.8 Å². The summed E-state index contributed by atoms with van der Waals surface area (Å²) in [7, 11) is 0. The number of amides is 2. The average molecular weight is 399 g/mol. The van der Waals surface area contributed by atoms with Crippen molar-refractivity contribution in [3.05, 3.63) is 39.3 Å². The van der Waals surface area contributed by atoms with Gasteiger partial charge in [-0.15, -0.1) is 21.5 Å². The summed E-state index contributed by atoms with van der Waals surface area (Å²) in [5, 5.41) is 10.5. The summed E-state index contributed by atoms with van der Waals surface area (Å²) in [5.41, 5.74) is 3.26. The van der Waals surface area contributed by atoms with E-state index >= 15 is 0 Å². The van der Waals surface area contributed by atoms with E-state index in [-0.39, 0.29) is 17.7 Å². The lowest BCUT2D eigenvalue weighted by molar-refractivity contribution is -0.136. The minimum Gasteiger partial charge on any atom is -0.342 e. The number of benzene rings is 1. The third-order valence-corrected chi connectivity index (χ3v) is 6.98. The van der Waals surface area contributed by atoms with E-state index in [1.54, 1.807) is 16.2 Å². The molecule has 2 saturated heterocycles. The predicted molar refractivity (Wildman–Crippen MR) is 110 cm³/mol. The Kier molecular flexibility index (Phi) is 5.19. The minimum atomic E-state index is -0.241. The van der Waals surface area contributed by atoms with Gasteiger partial charge in [0.05, 0.1) is 5.92 Å². The zero-order valence-corrected chi connectivity index (χ0v) is 17.5. The number of nitrogens with zero attached hydrogens (tertiary/aromatic N) is 4. The van der Waals surface area contributed by atoms with Crippen LogP contribution in [0.25, 0.3) is 0 Å². The van der Waals surface area contributed by atoms with Gasteiger partial charge in [-0.1, -0.05) is 6.07 Å². The van der Waals surface area contributed by atoms with Crippen LogP contribution < -0.4 is 4.90 Å². The van der Waals surface area contributed by atoms with Crippen molar-refractivity contribution in [1.29, 1.82) is 0 Å². The van der Waals surface area contributed by atoms with Crippen LogP contribution in [-0.4, -0.2) is 46.5 Å². The Morgan fingerprint density at radius 3 is 2.50 bits per heavy atom. The number of hydrogen-bond acceptors (Lipinski definition) is 5. The van der Waals surface area contributed by atoms with Crippen LogP contribution in [0.2, 0.25) is 0 Å². The van der Waals surface area contributed by atoms with Crippen LogP contribution in [0.15, 0.2) is 18.2 Å². The van der Waals surface area contributed by atoms with Crippen LogP contribution in [0, 0.1) is 26.7 Å². The molecule has 7 heteroatoms. The van der Waals surface area contributed by atoms with E-state index in [2.05, 4.69) is 17.1 Å². The van der Waals surface area contributed by atoms with Crippen molar-refractivity contribution in [2.24, 2.45) is 5.92 Å². The Hall–Kier alpha value is -2.28. The Morgan fingerprint density at radius 2 is 1.86 bits per heavy atom. The van der Waals surface area contributed by atoms with Gasteiger partial charge in [0, 0.05) is 37.7 Å². The smallest absolute Gasteiger partial charge is 0.228 e. The first-order valence-electron chi connectivity index (χ1n) is 9.89. The maximum absolute atomic E-state index is 13.0. The standard InChI is InChI=1S/C21H26N4O2S/c1-13-4-5-18(10-14(13)2)25-12-17(11-19(25)26)21(27)24-8-6-16(7-9-24)20-23-22-15(3)28-20/h4-5,10,16-17H,6-9,11-12H2,1-3H3/t17-/m1/s1. The molecule has 0 saturated carbocycles. The highest BCUT2D eigenvalue weighted by Crippen LogP contribution is 2.32. The number of aryl methyl sites for hydroxylation is 3. The molecule has 0 aliphatic carbocycles. The Bertz CT molecular complexity index is 902. The summed E-state index contributed by atoms with van der Waals surface area (Å²) >= 11 is 1.65. The summed E-state index contributed by atoms with van der Waals surface area (Å²) in [5.74, 6) is 0.314. The fraction of sp³-hybridized carbons (Fsp3) is 0.524. The van der Waals surface area contributed by atoms with E-state index < -0.39 is 0 Å². The molecule has 6 nitrogen and oxygen atoms in total. The molecule has 2 aromatic rings. The number of likely N-dealkylation sites (tertiary alicyclic amines) is 1.